The molecule has 0 aromatic carbocycles. The zero-order valence-corrected chi connectivity index (χ0v) is 10.4. The Morgan fingerprint density at radius 1 is 1.35 bits per heavy atom. The van der Waals surface area contributed by atoms with Gasteiger partial charge in [-0.25, -0.2) is 0 Å². The number of carbonyl (C=O) groups is 1. The first-order chi connectivity index (χ1) is 7.67. The molecule has 0 unspecified atom stereocenters. The van der Waals surface area contributed by atoms with Crippen molar-refractivity contribution in [3.63, 3.8) is 0 Å². The van der Waals surface area contributed by atoms with Crippen molar-refractivity contribution in [2.45, 2.75) is 51.4 Å². The van der Waals surface area contributed by atoms with Gasteiger partial charge in [0.25, 0.3) is 0 Å². The van der Waals surface area contributed by atoms with Crippen LogP contribution in [0.4, 0.5) is 13.2 Å². The van der Waals surface area contributed by atoms with Gasteiger partial charge in [-0.1, -0.05) is 6.92 Å². The number of hydrogen-bond acceptors (Lipinski definition) is 2. The van der Waals surface area contributed by atoms with Gasteiger partial charge in [0, 0.05) is 6.04 Å². The van der Waals surface area contributed by atoms with E-state index in [-0.39, 0.29) is 6.04 Å². The summed E-state index contributed by atoms with van der Waals surface area (Å²) in [5.74, 6) is -0.473. The van der Waals surface area contributed by atoms with E-state index in [9.17, 15) is 18.0 Å². The zero-order chi connectivity index (χ0) is 13.3. The van der Waals surface area contributed by atoms with Crippen molar-refractivity contribution < 1.29 is 18.0 Å². The predicted octanol–water partition coefficient (Wildman–Crippen LogP) is 1.93. The van der Waals surface area contributed by atoms with Gasteiger partial charge in [0.05, 0.1) is 5.54 Å². The van der Waals surface area contributed by atoms with Crippen molar-refractivity contribution >= 4 is 5.91 Å². The normalized spacial score (nSPS) is 17.1. The van der Waals surface area contributed by atoms with Gasteiger partial charge in [-0.2, -0.15) is 13.2 Å². The molecule has 1 saturated carbocycles. The van der Waals surface area contributed by atoms with Gasteiger partial charge in [0.1, 0.15) is 6.54 Å². The van der Waals surface area contributed by atoms with Gasteiger partial charge >= 0.3 is 6.18 Å². The summed E-state index contributed by atoms with van der Waals surface area (Å²) in [4.78, 5) is 13.0. The van der Waals surface area contributed by atoms with E-state index < -0.39 is 24.2 Å². The van der Waals surface area contributed by atoms with Gasteiger partial charge in [0.15, 0.2) is 0 Å². The van der Waals surface area contributed by atoms with Crippen LogP contribution in [-0.4, -0.2) is 41.7 Å². The third kappa shape index (κ3) is 4.18. The van der Waals surface area contributed by atoms with Gasteiger partial charge in [-0.3, -0.25) is 4.79 Å². The Morgan fingerprint density at radius 3 is 2.24 bits per heavy atom. The summed E-state index contributed by atoms with van der Waals surface area (Å²) >= 11 is 0. The van der Waals surface area contributed by atoms with Crippen molar-refractivity contribution in [2.24, 2.45) is 0 Å². The third-order valence-corrected chi connectivity index (χ3v) is 2.75. The molecule has 1 rings (SSSR count). The highest BCUT2D eigenvalue weighted by Gasteiger charge is 2.44. The first-order valence-corrected chi connectivity index (χ1v) is 5.80. The standard InChI is InChI=1S/C11H19F3N2O/c1-4-15-10(2,3)9(17)16(8-5-6-8)7-11(12,13)14/h8,15H,4-7H2,1-3H3. The molecule has 6 heteroatoms. The maximum absolute atomic E-state index is 12.4. The number of alkyl halides is 3. The summed E-state index contributed by atoms with van der Waals surface area (Å²) in [6, 6.07) is -0.234. The molecule has 1 aliphatic carbocycles. The Balaban J connectivity index is 2.73. The van der Waals surface area contributed by atoms with E-state index in [1.165, 1.54) is 0 Å². The molecule has 0 aromatic heterocycles. The second-order valence-electron chi connectivity index (χ2n) is 4.93. The lowest BCUT2D eigenvalue weighted by Gasteiger charge is -2.33. The van der Waals surface area contributed by atoms with E-state index in [0.717, 1.165) is 4.90 Å². The minimum atomic E-state index is -4.33. The molecule has 3 nitrogen and oxygen atoms in total. The van der Waals surface area contributed by atoms with Crippen LogP contribution in [0.2, 0.25) is 0 Å². The molecule has 0 spiro atoms. The number of nitrogens with one attached hydrogen (secondary N) is 1. The number of hydrogen-bond donors (Lipinski definition) is 1. The highest BCUT2D eigenvalue weighted by Crippen LogP contribution is 2.31. The average molecular weight is 252 g/mol. The fourth-order valence-corrected chi connectivity index (χ4v) is 1.82. The Hall–Kier alpha value is -0.780. The van der Waals surface area contributed by atoms with Crippen LogP contribution in [0.5, 0.6) is 0 Å². The maximum atomic E-state index is 12.4. The summed E-state index contributed by atoms with van der Waals surface area (Å²) in [5, 5.41) is 2.91. The number of nitrogens with zero attached hydrogens (tertiary/aromatic N) is 1. The second kappa shape index (κ2) is 4.84. The summed E-state index contributed by atoms with van der Waals surface area (Å²) in [6.45, 7) is 4.45. The summed E-state index contributed by atoms with van der Waals surface area (Å²) in [5.41, 5.74) is -0.942. The van der Waals surface area contributed by atoms with Crippen molar-refractivity contribution in [1.82, 2.24) is 10.2 Å². The lowest BCUT2D eigenvalue weighted by molar-refractivity contribution is -0.165. The molecule has 1 fully saturated rings. The maximum Gasteiger partial charge on any atom is 0.406 e. The Bertz CT molecular complexity index is 285. The van der Waals surface area contributed by atoms with E-state index in [4.69, 9.17) is 0 Å². The number of rotatable bonds is 5. The van der Waals surface area contributed by atoms with Crippen LogP contribution < -0.4 is 5.32 Å². The largest absolute Gasteiger partial charge is 0.406 e. The molecule has 1 aliphatic rings. The number of halogens is 3. The van der Waals surface area contributed by atoms with Gasteiger partial charge in [0.2, 0.25) is 5.91 Å². The zero-order valence-electron chi connectivity index (χ0n) is 10.4. The van der Waals surface area contributed by atoms with Crippen LogP contribution >= 0.6 is 0 Å². The molecule has 1 amide bonds. The van der Waals surface area contributed by atoms with Crippen LogP contribution in [0, 0.1) is 0 Å². The van der Waals surface area contributed by atoms with Crippen LogP contribution in [-0.2, 0) is 4.79 Å². The van der Waals surface area contributed by atoms with Gasteiger partial charge < -0.3 is 10.2 Å². The van der Waals surface area contributed by atoms with Crippen LogP contribution in [0.1, 0.15) is 33.6 Å². The molecular formula is C11H19F3N2O. The van der Waals surface area contributed by atoms with Crippen molar-refractivity contribution in [2.75, 3.05) is 13.1 Å². The molecule has 0 saturated heterocycles. The molecule has 0 aliphatic heterocycles. The second-order valence-corrected chi connectivity index (χ2v) is 4.93. The molecular weight excluding hydrogens is 233 g/mol. The van der Waals surface area contributed by atoms with E-state index in [1.807, 2.05) is 6.92 Å². The Morgan fingerprint density at radius 2 is 1.88 bits per heavy atom. The molecule has 0 heterocycles. The Labute approximate surface area is 99.4 Å². The van der Waals surface area contributed by atoms with E-state index in [0.29, 0.717) is 19.4 Å². The molecule has 0 atom stereocenters. The quantitative estimate of drug-likeness (QED) is 0.811. The average Bonchev–Trinajstić information content (AvgIpc) is 2.94. The third-order valence-electron chi connectivity index (χ3n) is 2.75. The van der Waals surface area contributed by atoms with Crippen LogP contribution in [0.15, 0.2) is 0 Å². The van der Waals surface area contributed by atoms with E-state index in [2.05, 4.69) is 5.32 Å². The van der Waals surface area contributed by atoms with Crippen molar-refractivity contribution in [1.29, 1.82) is 0 Å². The lowest BCUT2D eigenvalue weighted by Crippen LogP contribution is -2.56. The highest BCUT2D eigenvalue weighted by atomic mass is 19.4. The predicted molar refractivity (Wildman–Crippen MR) is 58.5 cm³/mol. The molecule has 0 radical (unpaired) electrons. The number of carbonyl (C=O) groups excluding carboxylic acids is 1. The van der Waals surface area contributed by atoms with Crippen LogP contribution in [0.25, 0.3) is 0 Å². The topological polar surface area (TPSA) is 32.3 Å². The van der Waals surface area contributed by atoms with Gasteiger partial charge in [-0.05, 0) is 33.2 Å². The first kappa shape index (κ1) is 14.3. The monoisotopic (exact) mass is 252 g/mol. The first-order valence-electron chi connectivity index (χ1n) is 5.80. The summed E-state index contributed by atoms with van der Waals surface area (Å²) in [7, 11) is 0. The van der Waals surface area contributed by atoms with Crippen molar-refractivity contribution in [3.8, 4) is 0 Å². The fourth-order valence-electron chi connectivity index (χ4n) is 1.82. The smallest absolute Gasteiger partial charge is 0.329 e. The van der Waals surface area contributed by atoms with Gasteiger partial charge in [-0.15, -0.1) is 0 Å². The minimum absolute atomic E-state index is 0.234. The van der Waals surface area contributed by atoms with Crippen LogP contribution in [0.3, 0.4) is 0 Å². The summed E-state index contributed by atoms with van der Waals surface area (Å²) < 4.78 is 37.2. The van der Waals surface area contributed by atoms with E-state index in [1.54, 1.807) is 13.8 Å². The fraction of sp³-hybridized carbons (Fsp3) is 0.909. The molecule has 100 valence electrons. The molecule has 0 aromatic rings. The highest BCUT2D eigenvalue weighted by molar-refractivity contribution is 5.86. The molecule has 1 N–H and O–H groups in total. The molecule has 17 heavy (non-hydrogen) atoms. The lowest BCUT2D eigenvalue weighted by atomic mass is 10.0. The number of likely N-dealkylation sites (N-methyl/N-ethyl adjacent to an activating group) is 1. The number of amides is 1. The molecule has 0 bridgehead atoms. The van der Waals surface area contributed by atoms with E-state index >= 15 is 0 Å². The SMILES string of the molecule is CCNC(C)(C)C(=O)N(CC(F)(F)F)C1CC1. The minimum Gasteiger partial charge on any atom is -0.329 e. The Kier molecular flexibility index (Phi) is 4.06. The summed E-state index contributed by atoms with van der Waals surface area (Å²) in [6.07, 6.45) is -2.99. The van der Waals surface area contributed by atoms with Crippen molar-refractivity contribution in [3.05, 3.63) is 0 Å².